The third-order valence-electron chi connectivity index (χ3n) is 7.51. The SMILES string of the molecule is C[C@@H](NC(=O)[C@H](Cc1ccccc1)N1C(=O)Nc2ccc(F)cc2C12CCCC2)c1ccc(F)cc1F. The number of fused-ring (bicyclic) bond motifs is 2. The fourth-order valence-electron chi connectivity index (χ4n) is 5.80. The van der Waals surface area contributed by atoms with Crippen molar-refractivity contribution in [1.29, 1.82) is 0 Å². The minimum atomic E-state index is -0.956. The van der Waals surface area contributed by atoms with E-state index in [1.54, 1.807) is 17.9 Å². The molecule has 1 fully saturated rings. The van der Waals surface area contributed by atoms with Gasteiger partial charge in [-0.3, -0.25) is 4.79 Å². The molecular formula is C29H28F3N3O2. The number of anilines is 1. The number of nitrogens with zero attached hydrogens (tertiary/aromatic N) is 1. The van der Waals surface area contributed by atoms with Crippen molar-refractivity contribution in [2.75, 3.05) is 5.32 Å². The molecule has 3 amide bonds. The van der Waals surface area contributed by atoms with Gasteiger partial charge in [0.25, 0.3) is 0 Å². The van der Waals surface area contributed by atoms with E-state index in [4.69, 9.17) is 0 Å². The van der Waals surface area contributed by atoms with Gasteiger partial charge >= 0.3 is 6.03 Å². The van der Waals surface area contributed by atoms with Crippen LogP contribution in [0.1, 0.15) is 55.3 Å². The van der Waals surface area contributed by atoms with Crippen LogP contribution in [0.4, 0.5) is 23.7 Å². The predicted octanol–water partition coefficient (Wildman–Crippen LogP) is 6.21. The molecule has 1 spiro atoms. The van der Waals surface area contributed by atoms with Crippen LogP contribution in [0.3, 0.4) is 0 Å². The van der Waals surface area contributed by atoms with Crippen molar-refractivity contribution in [3.05, 3.63) is 101 Å². The first-order chi connectivity index (χ1) is 17.8. The summed E-state index contributed by atoms with van der Waals surface area (Å²) in [7, 11) is 0. The molecule has 3 aromatic carbocycles. The maximum atomic E-state index is 14.5. The fraction of sp³-hybridized carbons (Fsp3) is 0.310. The Kier molecular flexibility index (Phi) is 6.67. The molecule has 2 aliphatic rings. The van der Waals surface area contributed by atoms with Crippen LogP contribution < -0.4 is 10.6 Å². The van der Waals surface area contributed by atoms with Gasteiger partial charge in [-0.1, -0.05) is 49.2 Å². The van der Waals surface area contributed by atoms with E-state index < -0.39 is 47.0 Å². The molecule has 37 heavy (non-hydrogen) atoms. The number of carbonyl (C=O) groups is 2. The molecule has 0 aromatic heterocycles. The zero-order valence-corrected chi connectivity index (χ0v) is 20.4. The van der Waals surface area contributed by atoms with Crippen molar-refractivity contribution >= 4 is 17.6 Å². The minimum Gasteiger partial charge on any atom is -0.348 e. The normalized spacial score (nSPS) is 17.7. The van der Waals surface area contributed by atoms with Crippen LogP contribution in [0.2, 0.25) is 0 Å². The average Bonchev–Trinajstić information content (AvgIpc) is 3.34. The first-order valence-electron chi connectivity index (χ1n) is 12.5. The van der Waals surface area contributed by atoms with E-state index in [0.717, 1.165) is 30.5 Å². The van der Waals surface area contributed by atoms with Crippen molar-refractivity contribution < 1.29 is 22.8 Å². The number of rotatable bonds is 6. The number of hydrogen-bond donors (Lipinski definition) is 2. The summed E-state index contributed by atoms with van der Waals surface area (Å²) in [5.74, 6) is -2.35. The average molecular weight is 508 g/mol. The quantitative estimate of drug-likeness (QED) is 0.417. The zero-order chi connectivity index (χ0) is 26.2. The lowest BCUT2D eigenvalue weighted by Gasteiger charge is -2.49. The van der Waals surface area contributed by atoms with E-state index >= 15 is 0 Å². The van der Waals surface area contributed by atoms with Gasteiger partial charge in [0.1, 0.15) is 23.5 Å². The molecule has 0 saturated heterocycles. The second kappa shape index (κ2) is 9.92. The smallest absolute Gasteiger partial charge is 0.323 e. The van der Waals surface area contributed by atoms with Gasteiger partial charge < -0.3 is 15.5 Å². The van der Waals surface area contributed by atoms with Crippen molar-refractivity contribution in [2.24, 2.45) is 0 Å². The first kappa shape index (κ1) is 24.9. The van der Waals surface area contributed by atoms with Gasteiger partial charge in [-0.05, 0) is 49.6 Å². The van der Waals surface area contributed by atoms with Gasteiger partial charge in [0.2, 0.25) is 5.91 Å². The summed E-state index contributed by atoms with van der Waals surface area (Å²) in [6, 6.07) is 14.7. The summed E-state index contributed by atoms with van der Waals surface area (Å²) in [5, 5.41) is 5.69. The summed E-state index contributed by atoms with van der Waals surface area (Å²) in [5.41, 5.74) is 1.34. The molecule has 0 radical (unpaired) electrons. The fourth-order valence-corrected chi connectivity index (χ4v) is 5.80. The molecule has 8 heteroatoms. The molecule has 0 unspecified atom stereocenters. The predicted molar refractivity (Wildman–Crippen MR) is 134 cm³/mol. The van der Waals surface area contributed by atoms with E-state index in [0.29, 0.717) is 24.1 Å². The third-order valence-corrected chi connectivity index (χ3v) is 7.51. The summed E-state index contributed by atoms with van der Waals surface area (Å²) < 4.78 is 42.3. The second-order valence-electron chi connectivity index (χ2n) is 9.83. The van der Waals surface area contributed by atoms with E-state index in [1.165, 1.54) is 18.2 Å². The molecule has 1 aliphatic carbocycles. The lowest BCUT2D eigenvalue weighted by molar-refractivity contribution is -0.128. The van der Waals surface area contributed by atoms with Gasteiger partial charge in [-0.25, -0.2) is 18.0 Å². The molecule has 1 saturated carbocycles. The van der Waals surface area contributed by atoms with Crippen LogP contribution in [0.5, 0.6) is 0 Å². The highest BCUT2D eigenvalue weighted by Crippen LogP contribution is 2.50. The number of halogens is 3. The minimum absolute atomic E-state index is 0.138. The van der Waals surface area contributed by atoms with Gasteiger partial charge in [0.05, 0.1) is 11.6 Å². The topological polar surface area (TPSA) is 61.4 Å². The molecule has 2 atom stereocenters. The van der Waals surface area contributed by atoms with Crippen molar-refractivity contribution in [2.45, 2.75) is 56.7 Å². The number of nitrogens with one attached hydrogen (secondary N) is 2. The highest BCUT2D eigenvalue weighted by atomic mass is 19.1. The van der Waals surface area contributed by atoms with Gasteiger partial charge in [0.15, 0.2) is 0 Å². The highest BCUT2D eigenvalue weighted by molar-refractivity contribution is 5.97. The van der Waals surface area contributed by atoms with Gasteiger partial charge in [0, 0.05) is 29.3 Å². The Balaban J connectivity index is 1.55. The lowest BCUT2D eigenvalue weighted by Crippen LogP contribution is -2.62. The van der Waals surface area contributed by atoms with Crippen LogP contribution >= 0.6 is 0 Å². The Labute approximate surface area is 213 Å². The molecule has 1 heterocycles. The van der Waals surface area contributed by atoms with Crippen LogP contribution in [0.15, 0.2) is 66.7 Å². The van der Waals surface area contributed by atoms with E-state index in [9.17, 15) is 22.8 Å². The van der Waals surface area contributed by atoms with Crippen molar-refractivity contribution in [1.82, 2.24) is 10.2 Å². The maximum Gasteiger partial charge on any atom is 0.323 e. The molecule has 1 aliphatic heterocycles. The number of carbonyl (C=O) groups excluding carboxylic acids is 2. The zero-order valence-electron chi connectivity index (χ0n) is 20.4. The van der Waals surface area contributed by atoms with Crippen LogP contribution in [0.25, 0.3) is 0 Å². The number of urea groups is 1. The molecule has 0 bridgehead atoms. The summed E-state index contributed by atoms with van der Waals surface area (Å²) >= 11 is 0. The Morgan fingerprint density at radius 2 is 1.68 bits per heavy atom. The van der Waals surface area contributed by atoms with Crippen molar-refractivity contribution in [3.8, 4) is 0 Å². The maximum absolute atomic E-state index is 14.5. The van der Waals surface area contributed by atoms with Crippen LogP contribution in [-0.4, -0.2) is 22.9 Å². The van der Waals surface area contributed by atoms with Gasteiger partial charge in [-0.2, -0.15) is 0 Å². The molecule has 5 rings (SSSR count). The van der Waals surface area contributed by atoms with E-state index in [-0.39, 0.29) is 12.0 Å². The standard InChI is InChI=1S/C29H28F3N3O2/c1-18(22-11-9-21(31)17-24(22)32)33-27(36)26(15-19-7-3-2-4-8-19)35-28(37)34-25-12-10-20(30)16-23(25)29(35)13-5-6-14-29/h2-4,7-12,16-18,26H,5-6,13-15H2,1H3,(H,33,36)(H,34,37)/t18-,26+/m1/s1. The van der Waals surface area contributed by atoms with Crippen LogP contribution in [-0.2, 0) is 16.8 Å². The van der Waals surface area contributed by atoms with E-state index in [1.807, 2.05) is 30.3 Å². The summed E-state index contributed by atoms with van der Waals surface area (Å²) in [6.45, 7) is 1.61. The Morgan fingerprint density at radius 3 is 2.38 bits per heavy atom. The molecule has 3 aromatic rings. The number of hydrogen-bond acceptors (Lipinski definition) is 2. The molecule has 2 N–H and O–H groups in total. The van der Waals surface area contributed by atoms with Gasteiger partial charge in [-0.15, -0.1) is 0 Å². The molecular weight excluding hydrogens is 479 g/mol. The summed E-state index contributed by atoms with van der Waals surface area (Å²) in [4.78, 5) is 29.1. The first-order valence-corrected chi connectivity index (χ1v) is 12.5. The number of amides is 3. The Bertz CT molecular complexity index is 1330. The Morgan fingerprint density at radius 1 is 1.00 bits per heavy atom. The third kappa shape index (κ3) is 4.68. The number of benzene rings is 3. The summed E-state index contributed by atoms with van der Waals surface area (Å²) in [6.07, 6.45) is 3.06. The molecule has 5 nitrogen and oxygen atoms in total. The Hall–Kier alpha value is -3.81. The molecule has 192 valence electrons. The highest BCUT2D eigenvalue weighted by Gasteiger charge is 2.52. The van der Waals surface area contributed by atoms with E-state index in [2.05, 4.69) is 10.6 Å². The monoisotopic (exact) mass is 507 g/mol. The largest absolute Gasteiger partial charge is 0.348 e. The lowest BCUT2D eigenvalue weighted by atomic mass is 9.81. The second-order valence-corrected chi connectivity index (χ2v) is 9.83. The van der Waals surface area contributed by atoms with Crippen molar-refractivity contribution in [3.63, 3.8) is 0 Å². The van der Waals surface area contributed by atoms with Crippen LogP contribution in [0, 0.1) is 17.5 Å².